The number of hydrogen-bond donors (Lipinski definition) is 1. The van der Waals surface area contributed by atoms with Crippen LogP contribution in [0.1, 0.15) is 34.7 Å². The number of para-hydroxylation sites is 1. The van der Waals surface area contributed by atoms with E-state index in [0.717, 1.165) is 46.1 Å². The van der Waals surface area contributed by atoms with Crippen LogP contribution < -0.4 is 5.32 Å². The zero-order valence-electron chi connectivity index (χ0n) is 16.6. The Hall–Kier alpha value is -3.73. The van der Waals surface area contributed by atoms with Crippen molar-refractivity contribution in [2.24, 2.45) is 0 Å². The molecule has 2 aromatic carbocycles. The fourth-order valence-corrected chi connectivity index (χ4v) is 3.76. The van der Waals surface area contributed by atoms with Crippen LogP contribution >= 0.6 is 0 Å². The molecule has 2 heterocycles. The highest BCUT2D eigenvalue weighted by Crippen LogP contribution is 2.41. The number of fused-ring (bicyclic) bond motifs is 1. The van der Waals surface area contributed by atoms with E-state index in [1.54, 1.807) is 6.20 Å². The Kier molecular flexibility index (Phi) is 4.64. The van der Waals surface area contributed by atoms with Crippen LogP contribution in [0.3, 0.4) is 0 Å². The number of methoxy groups -OCH3 is 1. The second kappa shape index (κ2) is 7.59. The minimum Gasteiger partial charge on any atom is -0.465 e. The zero-order chi connectivity index (χ0) is 20.5. The number of anilines is 2. The van der Waals surface area contributed by atoms with Gasteiger partial charge in [-0.15, -0.1) is 0 Å². The molecule has 148 valence electrons. The number of nitrogens with zero attached hydrogens (tertiary/aromatic N) is 2. The number of pyridine rings is 2. The van der Waals surface area contributed by atoms with Gasteiger partial charge in [-0.2, -0.15) is 0 Å². The predicted octanol–water partition coefficient (Wildman–Crippen LogP) is 5.70. The second-order valence-corrected chi connectivity index (χ2v) is 7.48. The summed E-state index contributed by atoms with van der Waals surface area (Å²) in [5.41, 5.74) is 5.38. The highest BCUT2D eigenvalue weighted by Gasteiger charge is 2.26. The van der Waals surface area contributed by atoms with Gasteiger partial charge in [0.1, 0.15) is 11.4 Å². The number of hydrogen-bond acceptors (Lipinski definition) is 5. The summed E-state index contributed by atoms with van der Waals surface area (Å²) in [6.45, 7) is 0. The fraction of sp³-hybridized carbons (Fsp3) is 0.160. The summed E-state index contributed by atoms with van der Waals surface area (Å²) in [7, 11) is 1.39. The number of benzene rings is 2. The summed E-state index contributed by atoms with van der Waals surface area (Å²) < 4.78 is 5.00. The molecule has 0 atom stereocenters. The molecule has 5 rings (SSSR count). The Bertz CT molecular complexity index is 1230. The molecule has 1 aliphatic rings. The first-order valence-corrected chi connectivity index (χ1v) is 10.0. The molecular formula is C25H21N3O2. The van der Waals surface area contributed by atoms with E-state index < -0.39 is 5.97 Å². The quantitative estimate of drug-likeness (QED) is 0.439. The smallest absolute Gasteiger partial charge is 0.341 e. The fourth-order valence-electron chi connectivity index (χ4n) is 3.76. The van der Waals surface area contributed by atoms with E-state index in [1.807, 2.05) is 48.7 Å². The van der Waals surface area contributed by atoms with Crippen molar-refractivity contribution in [1.82, 2.24) is 9.97 Å². The molecule has 0 saturated heterocycles. The van der Waals surface area contributed by atoms with Crippen LogP contribution in [0.5, 0.6) is 0 Å². The summed E-state index contributed by atoms with van der Waals surface area (Å²) >= 11 is 0. The van der Waals surface area contributed by atoms with E-state index in [-0.39, 0.29) is 0 Å². The molecule has 1 aliphatic carbocycles. The number of aromatic nitrogens is 2. The highest BCUT2D eigenvalue weighted by atomic mass is 16.5. The molecule has 2 aromatic heterocycles. The van der Waals surface area contributed by atoms with E-state index in [1.165, 1.54) is 7.11 Å². The van der Waals surface area contributed by atoms with Gasteiger partial charge in [-0.1, -0.05) is 42.5 Å². The minimum atomic E-state index is -0.398. The van der Waals surface area contributed by atoms with Crippen LogP contribution in [0.4, 0.5) is 11.5 Å². The third-order valence-corrected chi connectivity index (χ3v) is 5.47. The summed E-state index contributed by atoms with van der Waals surface area (Å²) in [5.74, 6) is 0.582. The Labute approximate surface area is 174 Å². The average molecular weight is 395 g/mol. The van der Waals surface area contributed by atoms with Gasteiger partial charge in [-0.05, 0) is 53.6 Å². The largest absolute Gasteiger partial charge is 0.465 e. The van der Waals surface area contributed by atoms with Crippen LogP contribution in [0.2, 0.25) is 0 Å². The normalized spacial score (nSPS) is 13.2. The van der Waals surface area contributed by atoms with E-state index >= 15 is 0 Å². The summed E-state index contributed by atoms with van der Waals surface area (Å²) in [6.07, 6.45) is 5.94. The van der Waals surface area contributed by atoms with Crippen LogP contribution in [0.15, 0.2) is 73.1 Å². The lowest BCUT2D eigenvalue weighted by atomic mass is 10.0. The van der Waals surface area contributed by atoms with Crippen LogP contribution in [0.25, 0.3) is 22.0 Å². The minimum absolute atomic E-state index is 0.398. The topological polar surface area (TPSA) is 64.1 Å². The molecule has 0 bridgehead atoms. The molecule has 0 aliphatic heterocycles. The van der Waals surface area contributed by atoms with Crippen molar-refractivity contribution in [3.8, 4) is 11.1 Å². The molecule has 0 spiro atoms. The van der Waals surface area contributed by atoms with Crippen molar-refractivity contribution in [3.63, 3.8) is 0 Å². The maximum Gasteiger partial charge on any atom is 0.341 e. The van der Waals surface area contributed by atoms with Crippen LogP contribution in [0, 0.1) is 0 Å². The first-order valence-electron chi connectivity index (χ1n) is 10.0. The van der Waals surface area contributed by atoms with Gasteiger partial charge in [0.05, 0.1) is 18.3 Å². The summed E-state index contributed by atoms with van der Waals surface area (Å²) in [5, 5.41) is 4.35. The van der Waals surface area contributed by atoms with Gasteiger partial charge in [0.25, 0.3) is 0 Å². The van der Waals surface area contributed by atoms with Crippen molar-refractivity contribution < 1.29 is 9.53 Å². The van der Waals surface area contributed by atoms with Crippen LogP contribution in [-0.4, -0.2) is 23.0 Å². The number of ether oxygens (including phenoxy) is 1. The number of rotatable bonds is 5. The lowest BCUT2D eigenvalue weighted by Crippen LogP contribution is -2.08. The van der Waals surface area contributed by atoms with E-state index in [4.69, 9.17) is 4.74 Å². The first kappa shape index (κ1) is 18.3. The monoisotopic (exact) mass is 395 g/mol. The van der Waals surface area contributed by atoms with Gasteiger partial charge in [0.2, 0.25) is 0 Å². The molecule has 0 radical (unpaired) electrons. The van der Waals surface area contributed by atoms with Crippen molar-refractivity contribution in [1.29, 1.82) is 0 Å². The van der Waals surface area contributed by atoms with Crippen molar-refractivity contribution in [3.05, 3.63) is 84.2 Å². The molecular weight excluding hydrogens is 374 g/mol. The van der Waals surface area contributed by atoms with Gasteiger partial charge in [-0.25, -0.2) is 9.78 Å². The SMILES string of the molecule is COC(=O)c1cc(C2CC2)cnc1Nc1cccc2c(-c3ccccc3)ccnc12. The maximum atomic E-state index is 12.4. The Balaban J connectivity index is 1.59. The number of carbonyl (C=O) groups excluding carboxylic acids is 1. The van der Waals surface area contributed by atoms with Crippen molar-refractivity contribution in [2.45, 2.75) is 18.8 Å². The lowest BCUT2D eigenvalue weighted by molar-refractivity contribution is 0.0601. The molecule has 1 fully saturated rings. The van der Waals surface area contributed by atoms with E-state index in [9.17, 15) is 4.79 Å². The highest BCUT2D eigenvalue weighted by molar-refractivity contribution is 6.02. The van der Waals surface area contributed by atoms with Crippen molar-refractivity contribution in [2.75, 3.05) is 12.4 Å². The summed E-state index contributed by atoms with van der Waals surface area (Å²) in [6, 6.07) is 20.1. The van der Waals surface area contributed by atoms with Gasteiger partial charge < -0.3 is 10.1 Å². The molecule has 0 amide bonds. The first-order chi connectivity index (χ1) is 14.7. The maximum absolute atomic E-state index is 12.4. The average Bonchev–Trinajstić information content (AvgIpc) is 3.65. The van der Waals surface area contributed by atoms with E-state index in [2.05, 4.69) is 33.5 Å². The van der Waals surface area contributed by atoms with Gasteiger partial charge in [-0.3, -0.25) is 4.98 Å². The summed E-state index contributed by atoms with van der Waals surface area (Å²) in [4.78, 5) is 21.6. The molecule has 1 N–H and O–H groups in total. The third kappa shape index (κ3) is 3.39. The van der Waals surface area contributed by atoms with Crippen molar-refractivity contribution >= 4 is 28.4 Å². The lowest BCUT2D eigenvalue weighted by Gasteiger charge is -2.14. The molecule has 30 heavy (non-hydrogen) atoms. The molecule has 4 aromatic rings. The molecule has 0 unspecified atom stereocenters. The molecule has 1 saturated carbocycles. The van der Waals surface area contributed by atoms with Crippen LogP contribution in [-0.2, 0) is 4.74 Å². The van der Waals surface area contributed by atoms with E-state index in [0.29, 0.717) is 17.3 Å². The van der Waals surface area contributed by atoms with Gasteiger partial charge in [0, 0.05) is 17.8 Å². The Morgan fingerprint density at radius 3 is 2.63 bits per heavy atom. The van der Waals surface area contributed by atoms with Gasteiger partial charge in [0.15, 0.2) is 0 Å². The number of carbonyl (C=O) groups is 1. The Morgan fingerprint density at radius 2 is 1.87 bits per heavy atom. The number of nitrogens with one attached hydrogen (secondary N) is 1. The molecule has 5 heteroatoms. The zero-order valence-corrected chi connectivity index (χ0v) is 16.6. The standard InChI is InChI=1S/C25H21N3O2/c1-30-25(29)21-14-18(16-10-11-16)15-27-24(21)28-22-9-5-8-20-19(12-13-26-23(20)22)17-6-3-2-4-7-17/h2-9,12-16H,10-11H2,1H3,(H,27,28). The molecule has 5 nitrogen and oxygen atoms in total. The predicted molar refractivity (Wildman–Crippen MR) is 118 cm³/mol. The number of esters is 1. The second-order valence-electron chi connectivity index (χ2n) is 7.48. The van der Waals surface area contributed by atoms with Gasteiger partial charge >= 0.3 is 5.97 Å². The third-order valence-electron chi connectivity index (χ3n) is 5.47. The Morgan fingerprint density at radius 1 is 1.03 bits per heavy atom.